The van der Waals surface area contributed by atoms with Crippen molar-refractivity contribution < 1.29 is 14.4 Å². The molecule has 2 atom stereocenters. The first-order valence-corrected chi connectivity index (χ1v) is 5.96. The molecule has 0 bridgehead atoms. The molecule has 1 N–H and O–H groups in total. The van der Waals surface area contributed by atoms with E-state index < -0.39 is 6.10 Å². The minimum Gasteiger partial charge on any atom is -0.492 e. The van der Waals surface area contributed by atoms with Gasteiger partial charge >= 0.3 is 0 Å². The van der Waals surface area contributed by atoms with E-state index in [1.165, 1.54) is 0 Å². The number of aliphatic hydroxyl groups is 1. The Labute approximate surface area is 104 Å². The van der Waals surface area contributed by atoms with Crippen molar-refractivity contribution >= 4 is 0 Å². The molecule has 0 fully saturated rings. The van der Waals surface area contributed by atoms with E-state index in [1.54, 1.807) is 6.92 Å². The zero-order chi connectivity index (χ0) is 12.5. The smallest absolute Gasteiger partial charge is 0.229 e. The second-order valence-electron chi connectivity index (χ2n) is 4.50. The van der Waals surface area contributed by atoms with E-state index in [9.17, 15) is 5.11 Å². The Hall–Kier alpha value is -1.88. The molecule has 0 aliphatic carbocycles. The van der Waals surface area contributed by atoms with E-state index in [0.29, 0.717) is 24.7 Å². The second-order valence-corrected chi connectivity index (χ2v) is 4.50. The number of fused-ring (bicyclic) bond motifs is 1. The normalized spacial score (nSPS) is 19.3. The summed E-state index contributed by atoms with van der Waals surface area (Å²) in [6.07, 6.45) is -0.104. The van der Waals surface area contributed by atoms with Crippen molar-refractivity contribution in [1.29, 1.82) is 0 Å². The van der Waals surface area contributed by atoms with Crippen molar-refractivity contribution in [2.45, 2.75) is 25.4 Å². The van der Waals surface area contributed by atoms with Crippen LogP contribution in [0.25, 0.3) is 0 Å². The Morgan fingerprint density at radius 2 is 2.28 bits per heavy atom. The van der Waals surface area contributed by atoms with Crippen LogP contribution in [0.2, 0.25) is 0 Å². The fraction of sp³-hybridized carbons (Fsp3) is 0.385. The average Bonchev–Trinajstić information content (AvgIpc) is 2.94. The Kier molecular flexibility index (Phi) is 2.76. The van der Waals surface area contributed by atoms with Crippen LogP contribution in [0.5, 0.6) is 5.75 Å². The number of aromatic nitrogens is 2. The summed E-state index contributed by atoms with van der Waals surface area (Å²) < 4.78 is 10.7. The lowest BCUT2D eigenvalue weighted by Gasteiger charge is -2.01. The van der Waals surface area contributed by atoms with Gasteiger partial charge in [-0.2, -0.15) is 4.98 Å². The SMILES string of the molecule is CC(O)Cc1nc(C2COc3ccccc32)no1. The van der Waals surface area contributed by atoms with E-state index in [-0.39, 0.29) is 5.92 Å². The molecule has 0 saturated carbocycles. The molecule has 0 saturated heterocycles. The van der Waals surface area contributed by atoms with Gasteiger partial charge in [0.1, 0.15) is 12.4 Å². The topological polar surface area (TPSA) is 68.4 Å². The average molecular weight is 246 g/mol. The summed E-state index contributed by atoms with van der Waals surface area (Å²) in [7, 11) is 0. The Bertz CT molecular complexity index is 551. The van der Waals surface area contributed by atoms with Gasteiger partial charge in [0.25, 0.3) is 0 Å². The lowest BCUT2D eigenvalue weighted by atomic mass is 10.0. The van der Waals surface area contributed by atoms with Gasteiger partial charge in [0.05, 0.1) is 18.4 Å². The van der Waals surface area contributed by atoms with Gasteiger partial charge in [-0.15, -0.1) is 0 Å². The summed E-state index contributed by atoms with van der Waals surface area (Å²) in [6.45, 7) is 2.23. The minimum absolute atomic E-state index is 0.0210. The molecule has 94 valence electrons. The number of hydrogen-bond donors (Lipinski definition) is 1. The zero-order valence-corrected chi connectivity index (χ0v) is 10.0. The molecule has 0 radical (unpaired) electrons. The number of nitrogens with zero attached hydrogens (tertiary/aromatic N) is 2. The highest BCUT2D eigenvalue weighted by atomic mass is 16.5. The summed E-state index contributed by atoms with van der Waals surface area (Å²) in [4.78, 5) is 4.31. The Morgan fingerprint density at radius 1 is 1.44 bits per heavy atom. The quantitative estimate of drug-likeness (QED) is 0.889. The molecule has 2 heterocycles. The van der Waals surface area contributed by atoms with Gasteiger partial charge in [-0.25, -0.2) is 0 Å². The third-order valence-corrected chi connectivity index (χ3v) is 2.97. The maximum absolute atomic E-state index is 9.29. The minimum atomic E-state index is -0.481. The van der Waals surface area contributed by atoms with Crippen LogP contribution in [0.15, 0.2) is 28.8 Å². The number of aliphatic hydroxyl groups excluding tert-OH is 1. The van der Waals surface area contributed by atoms with Gasteiger partial charge in [-0.1, -0.05) is 23.4 Å². The van der Waals surface area contributed by atoms with Crippen LogP contribution in [0.4, 0.5) is 0 Å². The first kappa shape index (κ1) is 11.2. The molecule has 18 heavy (non-hydrogen) atoms. The molecule has 5 nitrogen and oxygen atoms in total. The third-order valence-electron chi connectivity index (χ3n) is 2.97. The molecular formula is C13H14N2O3. The molecule has 5 heteroatoms. The molecule has 1 aliphatic heterocycles. The standard InChI is InChI=1S/C13H14N2O3/c1-8(16)6-12-14-13(15-18-12)10-7-17-11-5-3-2-4-9(10)11/h2-5,8,10,16H,6-7H2,1H3. The number of hydrogen-bond acceptors (Lipinski definition) is 5. The van der Waals surface area contributed by atoms with E-state index in [0.717, 1.165) is 11.3 Å². The van der Waals surface area contributed by atoms with E-state index in [2.05, 4.69) is 10.1 Å². The third kappa shape index (κ3) is 1.97. The van der Waals surface area contributed by atoms with Crippen molar-refractivity contribution in [3.8, 4) is 5.75 Å². The van der Waals surface area contributed by atoms with E-state index in [1.807, 2.05) is 24.3 Å². The highest BCUT2D eigenvalue weighted by molar-refractivity contribution is 5.42. The van der Waals surface area contributed by atoms with Crippen molar-refractivity contribution in [3.05, 3.63) is 41.5 Å². The van der Waals surface area contributed by atoms with Gasteiger partial charge in [0.15, 0.2) is 5.82 Å². The molecule has 2 aromatic rings. The van der Waals surface area contributed by atoms with Crippen LogP contribution in [0, 0.1) is 0 Å². The van der Waals surface area contributed by atoms with E-state index in [4.69, 9.17) is 9.26 Å². The molecule has 0 spiro atoms. The summed E-state index contributed by atoms with van der Waals surface area (Å²) >= 11 is 0. The highest BCUT2D eigenvalue weighted by Gasteiger charge is 2.29. The number of ether oxygens (including phenoxy) is 1. The molecule has 1 aliphatic rings. The lowest BCUT2D eigenvalue weighted by molar-refractivity contribution is 0.181. The predicted molar refractivity (Wildman–Crippen MR) is 63.5 cm³/mol. The summed E-state index contributed by atoms with van der Waals surface area (Å²) in [6, 6.07) is 7.86. The summed E-state index contributed by atoms with van der Waals surface area (Å²) in [5.74, 6) is 1.98. The monoisotopic (exact) mass is 246 g/mol. The van der Waals surface area contributed by atoms with Gasteiger partial charge in [-0.05, 0) is 13.0 Å². The van der Waals surface area contributed by atoms with E-state index >= 15 is 0 Å². The number of para-hydroxylation sites is 1. The first-order valence-electron chi connectivity index (χ1n) is 5.96. The Morgan fingerprint density at radius 3 is 3.11 bits per heavy atom. The van der Waals surface area contributed by atoms with Crippen molar-refractivity contribution in [2.24, 2.45) is 0 Å². The number of benzene rings is 1. The van der Waals surface area contributed by atoms with Crippen LogP contribution in [0.1, 0.15) is 30.1 Å². The van der Waals surface area contributed by atoms with Crippen molar-refractivity contribution in [2.75, 3.05) is 6.61 Å². The van der Waals surface area contributed by atoms with Crippen LogP contribution < -0.4 is 4.74 Å². The molecule has 1 aromatic heterocycles. The first-order chi connectivity index (χ1) is 8.74. The molecule has 1 aromatic carbocycles. The van der Waals surface area contributed by atoms with Gasteiger partial charge < -0.3 is 14.4 Å². The maximum atomic E-state index is 9.29. The summed E-state index contributed by atoms with van der Waals surface area (Å²) in [5.41, 5.74) is 1.09. The van der Waals surface area contributed by atoms with Crippen LogP contribution in [-0.2, 0) is 6.42 Å². The lowest BCUT2D eigenvalue weighted by Crippen LogP contribution is -2.07. The van der Waals surface area contributed by atoms with Gasteiger partial charge in [0.2, 0.25) is 5.89 Å². The van der Waals surface area contributed by atoms with Crippen molar-refractivity contribution in [1.82, 2.24) is 10.1 Å². The fourth-order valence-corrected chi connectivity index (χ4v) is 2.12. The Balaban J connectivity index is 1.86. The zero-order valence-electron chi connectivity index (χ0n) is 10.0. The van der Waals surface area contributed by atoms with Crippen molar-refractivity contribution in [3.63, 3.8) is 0 Å². The van der Waals surface area contributed by atoms with Crippen LogP contribution in [0.3, 0.4) is 0 Å². The largest absolute Gasteiger partial charge is 0.492 e. The summed E-state index contributed by atoms with van der Waals surface area (Å²) in [5, 5.41) is 13.3. The molecule has 3 rings (SSSR count). The number of rotatable bonds is 3. The molecule has 0 amide bonds. The second kappa shape index (κ2) is 4.42. The van der Waals surface area contributed by atoms with Gasteiger partial charge in [0, 0.05) is 5.56 Å². The molecular weight excluding hydrogens is 232 g/mol. The van der Waals surface area contributed by atoms with Gasteiger partial charge in [-0.3, -0.25) is 0 Å². The molecule has 2 unspecified atom stereocenters. The fourth-order valence-electron chi connectivity index (χ4n) is 2.12. The highest BCUT2D eigenvalue weighted by Crippen LogP contribution is 2.36. The predicted octanol–water partition coefficient (Wildman–Crippen LogP) is 1.52. The van der Waals surface area contributed by atoms with Crippen LogP contribution >= 0.6 is 0 Å². The van der Waals surface area contributed by atoms with Crippen LogP contribution in [-0.4, -0.2) is 28.0 Å². The maximum Gasteiger partial charge on any atom is 0.229 e.